The molecule has 1 aliphatic heterocycles. The number of nitrogens with zero attached hydrogens (tertiary/aromatic N) is 3. The summed E-state index contributed by atoms with van der Waals surface area (Å²) in [7, 11) is 1.98. The zero-order chi connectivity index (χ0) is 19.5. The van der Waals surface area contributed by atoms with Crippen LogP contribution < -0.4 is 5.32 Å². The van der Waals surface area contributed by atoms with E-state index in [2.05, 4.69) is 47.6 Å². The van der Waals surface area contributed by atoms with E-state index >= 15 is 0 Å². The highest BCUT2D eigenvalue weighted by atomic mass is 16.2. The number of carbonyl (C=O) groups is 1. The van der Waals surface area contributed by atoms with Crippen LogP contribution in [0.2, 0.25) is 0 Å². The smallest absolute Gasteiger partial charge is 0.237 e. The van der Waals surface area contributed by atoms with Crippen LogP contribution in [0.1, 0.15) is 62.5 Å². The van der Waals surface area contributed by atoms with Crippen LogP contribution in [0.3, 0.4) is 0 Å². The predicted molar refractivity (Wildman–Crippen MR) is 112 cm³/mol. The number of nitrogens with one attached hydrogen (secondary N) is 1. The zero-order valence-corrected chi connectivity index (χ0v) is 17.2. The number of piperazine rings is 1. The molecule has 2 aromatic rings. The third-order valence-electron chi connectivity index (χ3n) is 6.37. The average molecular weight is 381 g/mol. The second kappa shape index (κ2) is 8.48. The first-order valence-corrected chi connectivity index (χ1v) is 10.8. The van der Waals surface area contributed by atoms with Gasteiger partial charge in [0.1, 0.15) is 0 Å². The number of aryl methyl sites for hydroxylation is 1. The molecule has 0 radical (unpaired) electrons. The lowest BCUT2D eigenvalue weighted by Gasteiger charge is -2.34. The molecule has 1 saturated carbocycles. The fraction of sp³-hybridized carbons (Fsp3) is 0.565. The van der Waals surface area contributed by atoms with Crippen molar-refractivity contribution in [1.29, 1.82) is 0 Å². The van der Waals surface area contributed by atoms with Crippen LogP contribution >= 0.6 is 0 Å². The maximum Gasteiger partial charge on any atom is 0.237 e. The first-order valence-electron chi connectivity index (χ1n) is 10.8. The van der Waals surface area contributed by atoms with Gasteiger partial charge >= 0.3 is 0 Å². The Hall–Kier alpha value is -2.14. The normalized spacial score (nSPS) is 21.6. The van der Waals surface area contributed by atoms with Gasteiger partial charge in [-0.1, -0.05) is 50.5 Å². The first kappa shape index (κ1) is 19.2. The first-order chi connectivity index (χ1) is 13.7. The molecule has 4 rings (SSSR count). The monoisotopic (exact) mass is 380 g/mol. The van der Waals surface area contributed by atoms with Crippen molar-refractivity contribution in [2.45, 2.75) is 64.0 Å². The Morgan fingerprint density at radius 2 is 1.89 bits per heavy atom. The third-order valence-corrected chi connectivity index (χ3v) is 6.37. The molecule has 0 spiro atoms. The van der Waals surface area contributed by atoms with E-state index in [1.54, 1.807) is 0 Å². The molecule has 5 nitrogen and oxygen atoms in total. The van der Waals surface area contributed by atoms with Gasteiger partial charge in [0.05, 0.1) is 11.7 Å². The predicted octanol–water partition coefficient (Wildman–Crippen LogP) is 3.85. The molecule has 1 aliphatic carbocycles. The number of benzene rings is 1. The molecule has 2 aliphatic rings. The molecular weight excluding hydrogens is 348 g/mol. The van der Waals surface area contributed by atoms with Crippen LogP contribution in [0.25, 0.3) is 11.3 Å². The van der Waals surface area contributed by atoms with Crippen LogP contribution in [-0.4, -0.2) is 39.7 Å². The number of aromatic nitrogens is 2. The van der Waals surface area contributed by atoms with E-state index in [0.717, 1.165) is 37.7 Å². The summed E-state index contributed by atoms with van der Waals surface area (Å²) in [5.74, 6) is 0.874. The molecule has 1 atom stereocenters. The van der Waals surface area contributed by atoms with Crippen LogP contribution in [0.5, 0.6) is 0 Å². The molecule has 2 heterocycles. The highest BCUT2D eigenvalue weighted by molar-refractivity contribution is 5.82. The lowest BCUT2D eigenvalue weighted by atomic mass is 9.84. The van der Waals surface area contributed by atoms with Crippen molar-refractivity contribution in [3.8, 4) is 11.3 Å². The number of hydrogen-bond donors (Lipinski definition) is 1. The van der Waals surface area contributed by atoms with Crippen molar-refractivity contribution in [3.63, 3.8) is 0 Å². The molecule has 2 fully saturated rings. The van der Waals surface area contributed by atoms with Gasteiger partial charge in [0.15, 0.2) is 0 Å². The number of hydrogen-bond acceptors (Lipinski definition) is 3. The summed E-state index contributed by atoms with van der Waals surface area (Å²) in [6, 6.07) is 9.02. The molecular formula is C23H32N4O. The topological polar surface area (TPSA) is 50.2 Å². The molecule has 1 aromatic heterocycles. The Morgan fingerprint density at radius 1 is 1.14 bits per heavy atom. The van der Waals surface area contributed by atoms with Gasteiger partial charge in [-0.3, -0.25) is 14.4 Å². The van der Waals surface area contributed by atoms with Crippen LogP contribution in [0.4, 0.5) is 0 Å². The van der Waals surface area contributed by atoms with Crippen LogP contribution in [0.15, 0.2) is 30.5 Å². The van der Waals surface area contributed by atoms with Crippen molar-refractivity contribution in [2.24, 2.45) is 7.05 Å². The number of rotatable bonds is 5. The second-order valence-corrected chi connectivity index (χ2v) is 8.32. The fourth-order valence-electron chi connectivity index (χ4n) is 4.86. The van der Waals surface area contributed by atoms with Gasteiger partial charge < -0.3 is 5.32 Å². The van der Waals surface area contributed by atoms with Gasteiger partial charge in [-0.15, -0.1) is 0 Å². The van der Waals surface area contributed by atoms with E-state index < -0.39 is 0 Å². The molecule has 5 heteroatoms. The van der Waals surface area contributed by atoms with Gasteiger partial charge in [0.2, 0.25) is 5.91 Å². The Kier molecular flexibility index (Phi) is 5.81. The maximum atomic E-state index is 12.2. The van der Waals surface area contributed by atoms with Gasteiger partial charge in [-0.05, 0) is 30.7 Å². The van der Waals surface area contributed by atoms with E-state index in [4.69, 9.17) is 5.10 Å². The summed E-state index contributed by atoms with van der Waals surface area (Å²) in [6.45, 7) is 4.45. The summed E-state index contributed by atoms with van der Waals surface area (Å²) >= 11 is 0. The Morgan fingerprint density at radius 3 is 2.61 bits per heavy atom. The third kappa shape index (κ3) is 4.00. The Balaban J connectivity index is 1.55. The van der Waals surface area contributed by atoms with Crippen LogP contribution in [-0.2, 0) is 18.4 Å². The van der Waals surface area contributed by atoms with E-state index in [-0.39, 0.29) is 11.9 Å². The van der Waals surface area contributed by atoms with Gasteiger partial charge in [-0.25, -0.2) is 0 Å². The molecule has 150 valence electrons. The zero-order valence-electron chi connectivity index (χ0n) is 17.2. The molecule has 1 saturated heterocycles. The van der Waals surface area contributed by atoms with Crippen molar-refractivity contribution >= 4 is 5.91 Å². The summed E-state index contributed by atoms with van der Waals surface area (Å²) in [6.07, 6.45) is 9.69. The van der Waals surface area contributed by atoms with Crippen molar-refractivity contribution in [3.05, 3.63) is 41.6 Å². The minimum atomic E-state index is -0.0458. The molecule has 28 heavy (non-hydrogen) atoms. The Bertz CT molecular complexity index is 805. The van der Waals surface area contributed by atoms with E-state index in [9.17, 15) is 4.79 Å². The largest absolute Gasteiger partial charge is 0.353 e. The summed E-state index contributed by atoms with van der Waals surface area (Å²) < 4.78 is 1.89. The van der Waals surface area contributed by atoms with Gasteiger partial charge in [-0.2, -0.15) is 5.10 Å². The Labute approximate surface area is 168 Å². The molecule has 1 N–H and O–H groups in total. The van der Waals surface area contributed by atoms with E-state index in [0.29, 0.717) is 0 Å². The highest BCUT2D eigenvalue weighted by Crippen LogP contribution is 2.34. The van der Waals surface area contributed by atoms with Crippen molar-refractivity contribution < 1.29 is 4.79 Å². The van der Waals surface area contributed by atoms with Crippen LogP contribution in [0, 0.1) is 0 Å². The average Bonchev–Trinajstić information content (AvgIpc) is 3.09. The lowest BCUT2D eigenvalue weighted by molar-refractivity contribution is -0.129. The van der Waals surface area contributed by atoms with Crippen molar-refractivity contribution in [2.75, 3.05) is 13.1 Å². The SMILES string of the molecule is CCC1C(=O)NCCN1Cc1cn(C)nc1-c1ccc(C2CCCCC2)cc1. The molecule has 0 bridgehead atoms. The second-order valence-electron chi connectivity index (χ2n) is 8.32. The standard InChI is InChI=1S/C23H32N4O/c1-3-21-23(28)24-13-14-27(21)16-20-15-26(2)25-22(20)19-11-9-18(10-12-19)17-7-5-4-6-8-17/h9-12,15,17,21H,3-8,13-14,16H2,1-2H3,(H,24,28). The molecule has 1 amide bonds. The van der Waals surface area contributed by atoms with E-state index in [1.807, 2.05) is 11.7 Å². The minimum Gasteiger partial charge on any atom is -0.353 e. The van der Waals surface area contributed by atoms with Gasteiger partial charge in [0, 0.05) is 44.0 Å². The number of carbonyl (C=O) groups excluding carboxylic acids is 1. The quantitative estimate of drug-likeness (QED) is 0.857. The summed E-state index contributed by atoms with van der Waals surface area (Å²) in [4.78, 5) is 14.5. The van der Waals surface area contributed by atoms with Crippen molar-refractivity contribution in [1.82, 2.24) is 20.0 Å². The van der Waals surface area contributed by atoms with E-state index in [1.165, 1.54) is 48.8 Å². The lowest BCUT2D eigenvalue weighted by Crippen LogP contribution is -2.54. The minimum absolute atomic E-state index is 0.0458. The fourth-order valence-corrected chi connectivity index (χ4v) is 4.86. The molecule has 1 unspecified atom stereocenters. The summed E-state index contributed by atoms with van der Waals surface area (Å²) in [5.41, 5.74) is 4.88. The number of amides is 1. The maximum absolute atomic E-state index is 12.2. The highest BCUT2D eigenvalue weighted by Gasteiger charge is 2.29. The van der Waals surface area contributed by atoms with Gasteiger partial charge in [0.25, 0.3) is 0 Å². The summed E-state index contributed by atoms with van der Waals surface area (Å²) in [5, 5.41) is 7.73. The molecule has 1 aromatic carbocycles.